The molecule has 1 aromatic heterocycles. The van der Waals surface area contributed by atoms with E-state index in [1.807, 2.05) is 37.4 Å². The van der Waals surface area contributed by atoms with E-state index in [0.29, 0.717) is 18.9 Å². The quantitative estimate of drug-likeness (QED) is 0.852. The minimum atomic E-state index is 0.0227. The number of benzene rings is 1. The smallest absolute Gasteiger partial charge is 0.270 e. The summed E-state index contributed by atoms with van der Waals surface area (Å²) in [5.41, 5.74) is 1.63. The van der Waals surface area contributed by atoms with Crippen LogP contribution < -0.4 is 0 Å². The molecule has 0 spiro atoms. The van der Waals surface area contributed by atoms with Crippen molar-refractivity contribution < 1.29 is 9.53 Å². The van der Waals surface area contributed by atoms with Crippen LogP contribution in [-0.2, 0) is 4.74 Å². The Hall–Kier alpha value is -1.81. The average Bonchev–Trinajstić information content (AvgIpc) is 2.68. The number of fused-ring (bicyclic) bond motifs is 1. The van der Waals surface area contributed by atoms with Crippen molar-refractivity contribution >= 4 is 16.8 Å². The third-order valence-corrected chi connectivity index (χ3v) is 3.25. The van der Waals surface area contributed by atoms with E-state index in [1.165, 1.54) is 0 Å². The Balaban J connectivity index is 1.89. The van der Waals surface area contributed by atoms with E-state index in [2.05, 4.69) is 4.98 Å². The summed E-state index contributed by atoms with van der Waals surface area (Å²) < 4.78 is 5.10. The van der Waals surface area contributed by atoms with Crippen molar-refractivity contribution in [1.82, 2.24) is 9.88 Å². The fraction of sp³-hybridized carbons (Fsp3) is 0.308. The van der Waals surface area contributed by atoms with E-state index >= 15 is 0 Å². The Kier molecular flexibility index (Phi) is 2.37. The van der Waals surface area contributed by atoms with E-state index in [0.717, 1.165) is 10.9 Å². The normalized spacial score (nSPS) is 15.8. The maximum absolute atomic E-state index is 12.2. The lowest BCUT2D eigenvalue weighted by atomic mass is 10.2. The van der Waals surface area contributed by atoms with Gasteiger partial charge in [0.25, 0.3) is 5.91 Å². The molecule has 0 unspecified atom stereocenters. The topological polar surface area (TPSA) is 45.3 Å². The average molecular weight is 230 g/mol. The van der Waals surface area contributed by atoms with Gasteiger partial charge in [-0.3, -0.25) is 4.79 Å². The van der Waals surface area contributed by atoms with Crippen molar-refractivity contribution in [2.75, 3.05) is 20.3 Å². The zero-order valence-electron chi connectivity index (χ0n) is 9.64. The van der Waals surface area contributed by atoms with Gasteiger partial charge in [0.15, 0.2) is 0 Å². The molecule has 1 aromatic carbocycles. The lowest BCUT2D eigenvalue weighted by Gasteiger charge is -2.34. The van der Waals surface area contributed by atoms with Crippen LogP contribution in [0.3, 0.4) is 0 Å². The number of aromatic nitrogens is 1. The zero-order valence-corrected chi connectivity index (χ0v) is 9.64. The number of nitrogens with one attached hydrogen (secondary N) is 1. The Morgan fingerprint density at radius 2 is 2.18 bits per heavy atom. The number of ether oxygens (including phenoxy) is 1. The van der Waals surface area contributed by atoms with Crippen LogP contribution in [0.2, 0.25) is 0 Å². The molecular formula is C13H14N2O2. The largest absolute Gasteiger partial charge is 0.377 e. The highest BCUT2D eigenvalue weighted by Gasteiger charge is 2.27. The molecule has 2 heterocycles. The monoisotopic (exact) mass is 230 g/mol. The predicted octanol–water partition coefficient (Wildman–Crippen LogP) is 1.64. The minimum Gasteiger partial charge on any atom is -0.377 e. The zero-order chi connectivity index (χ0) is 11.8. The number of amides is 1. The fourth-order valence-electron chi connectivity index (χ4n) is 1.99. The van der Waals surface area contributed by atoms with Gasteiger partial charge in [0.2, 0.25) is 0 Å². The summed E-state index contributed by atoms with van der Waals surface area (Å²) in [5.74, 6) is 0.0227. The first-order chi connectivity index (χ1) is 8.25. The highest BCUT2D eigenvalue weighted by molar-refractivity contribution is 5.98. The van der Waals surface area contributed by atoms with Crippen molar-refractivity contribution in [3.63, 3.8) is 0 Å². The molecule has 0 aliphatic carbocycles. The molecule has 2 aromatic rings. The predicted molar refractivity (Wildman–Crippen MR) is 65.0 cm³/mol. The molecule has 0 radical (unpaired) electrons. The number of hydrogen-bond donors (Lipinski definition) is 1. The molecule has 0 atom stereocenters. The lowest BCUT2D eigenvalue weighted by Crippen LogP contribution is -2.49. The number of carbonyl (C=O) groups is 1. The molecule has 1 N–H and O–H groups in total. The number of rotatable bonds is 2. The summed E-state index contributed by atoms with van der Waals surface area (Å²) in [6.45, 7) is 1.28. The van der Waals surface area contributed by atoms with Gasteiger partial charge in [-0.05, 0) is 12.1 Å². The lowest BCUT2D eigenvalue weighted by molar-refractivity contribution is -0.0469. The van der Waals surface area contributed by atoms with Gasteiger partial charge >= 0.3 is 0 Å². The van der Waals surface area contributed by atoms with Crippen LogP contribution in [0.15, 0.2) is 30.3 Å². The summed E-state index contributed by atoms with van der Waals surface area (Å²) in [6.07, 6.45) is 0. The number of carbonyl (C=O) groups excluding carboxylic acids is 1. The summed E-state index contributed by atoms with van der Waals surface area (Å²) in [7, 11) is 1.82. The summed E-state index contributed by atoms with van der Waals surface area (Å²) in [6, 6.07) is 10.0. The molecule has 4 nitrogen and oxygen atoms in total. The van der Waals surface area contributed by atoms with Crippen molar-refractivity contribution in [2.45, 2.75) is 6.04 Å². The second kappa shape index (κ2) is 3.89. The molecule has 1 aliphatic heterocycles. The second-order valence-electron chi connectivity index (χ2n) is 4.38. The number of hydrogen-bond acceptors (Lipinski definition) is 2. The van der Waals surface area contributed by atoms with E-state index in [4.69, 9.17) is 4.74 Å². The first-order valence-corrected chi connectivity index (χ1v) is 5.68. The molecule has 3 rings (SSSR count). The first-order valence-electron chi connectivity index (χ1n) is 5.68. The first kappa shape index (κ1) is 10.4. The van der Waals surface area contributed by atoms with Gasteiger partial charge in [-0.25, -0.2) is 0 Å². The Morgan fingerprint density at radius 1 is 1.41 bits per heavy atom. The van der Waals surface area contributed by atoms with Gasteiger partial charge in [0.1, 0.15) is 5.69 Å². The SMILES string of the molecule is CN(C(=O)c1cc2ccccc2[nH]1)C1COC1. The number of likely N-dealkylation sites (N-methyl/N-ethyl adjacent to an activating group) is 1. The second-order valence-corrected chi connectivity index (χ2v) is 4.38. The molecule has 1 fully saturated rings. The van der Waals surface area contributed by atoms with Gasteiger partial charge in [-0.1, -0.05) is 18.2 Å². The molecule has 1 amide bonds. The minimum absolute atomic E-state index is 0.0227. The molecule has 1 saturated heterocycles. The molecule has 0 saturated carbocycles. The number of para-hydroxylation sites is 1. The van der Waals surface area contributed by atoms with Crippen LogP contribution in [-0.4, -0.2) is 42.1 Å². The molecule has 0 bridgehead atoms. The van der Waals surface area contributed by atoms with Crippen LogP contribution in [0.4, 0.5) is 0 Å². The maximum atomic E-state index is 12.2. The molecule has 17 heavy (non-hydrogen) atoms. The van der Waals surface area contributed by atoms with Crippen LogP contribution in [0.25, 0.3) is 10.9 Å². The van der Waals surface area contributed by atoms with Crippen LogP contribution in [0.5, 0.6) is 0 Å². The third kappa shape index (κ3) is 1.70. The van der Waals surface area contributed by atoms with Gasteiger partial charge in [-0.2, -0.15) is 0 Å². The van der Waals surface area contributed by atoms with Gasteiger partial charge in [-0.15, -0.1) is 0 Å². The maximum Gasteiger partial charge on any atom is 0.270 e. The molecule has 4 heteroatoms. The molecule has 1 aliphatic rings. The Labute approximate surface area is 99.2 Å². The molecular weight excluding hydrogens is 216 g/mol. The Morgan fingerprint density at radius 3 is 2.82 bits per heavy atom. The number of nitrogens with zero attached hydrogens (tertiary/aromatic N) is 1. The summed E-state index contributed by atoms with van der Waals surface area (Å²) >= 11 is 0. The van der Waals surface area contributed by atoms with Gasteiger partial charge in [0.05, 0.1) is 19.3 Å². The summed E-state index contributed by atoms with van der Waals surface area (Å²) in [5, 5.41) is 1.06. The number of H-pyrrole nitrogens is 1. The molecule has 88 valence electrons. The van der Waals surface area contributed by atoms with E-state index < -0.39 is 0 Å². The third-order valence-electron chi connectivity index (χ3n) is 3.25. The highest BCUT2D eigenvalue weighted by Crippen LogP contribution is 2.17. The van der Waals surface area contributed by atoms with E-state index in [9.17, 15) is 4.79 Å². The van der Waals surface area contributed by atoms with Crippen molar-refractivity contribution in [1.29, 1.82) is 0 Å². The van der Waals surface area contributed by atoms with E-state index in [1.54, 1.807) is 4.90 Å². The van der Waals surface area contributed by atoms with Crippen LogP contribution >= 0.6 is 0 Å². The highest BCUT2D eigenvalue weighted by atomic mass is 16.5. The number of aromatic amines is 1. The van der Waals surface area contributed by atoms with Crippen molar-refractivity contribution in [2.24, 2.45) is 0 Å². The standard InChI is InChI=1S/C13H14N2O2/c1-15(10-7-17-8-10)13(16)12-6-9-4-2-3-5-11(9)14-12/h2-6,10,14H,7-8H2,1H3. The van der Waals surface area contributed by atoms with Gasteiger partial charge in [0, 0.05) is 18.0 Å². The van der Waals surface area contributed by atoms with E-state index in [-0.39, 0.29) is 11.9 Å². The van der Waals surface area contributed by atoms with Crippen molar-refractivity contribution in [3.05, 3.63) is 36.0 Å². The van der Waals surface area contributed by atoms with Crippen molar-refractivity contribution in [3.8, 4) is 0 Å². The fourth-order valence-corrected chi connectivity index (χ4v) is 1.99. The van der Waals surface area contributed by atoms with Crippen LogP contribution in [0.1, 0.15) is 10.5 Å². The van der Waals surface area contributed by atoms with Gasteiger partial charge < -0.3 is 14.6 Å². The van der Waals surface area contributed by atoms with Crippen LogP contribution in [0, 0.1) is 0 Å². The Bertz CT molecular complexity index is 524. The summed E-state index contributed by atoms with van der Waals surface area (Å²) in [4.78, 5) is 17.1.